The molecule has 0 unspecified atom stereocenters. The van der Waals surface area contributed by atoms with E-state index in [9.17, 15) is 8.78 Å². The van der Waals surface area contributed by atoms with Crippen LogP contribution in [-0.2, 0) is 6.54 Å². The van der Waals surface area contributed by atoms with Crippen LogP contribution in [0.3, 0.4) is 0 Å². The number of aryl methyl sites for hydroxylation is 1. The number of hydrogen-bond donors (Lipinski definition) is 2. The van der Waals surface area contributed by atoms with Crippen molar-refractivity contribution in [1.29, 1.82) is 0 Å². The van der Waals surface area contributed by atoms with Gasteiger partial charge in [0.15, 0.2) is 12.6 Å². The molecule has 0 amide bonds. The number of nitrogens with one attached hydrogen (secondary N) is 1. The maximum Gasteiger partial charge on any atom is 0.272 e. The lowest BCUT2D eigenvalue weighted by Crippen LogP contribution is -2.22. The van der Waals surface area contributed by atoms with Crippen molar-refractivity contribution >= 4 is 11.6 Å². The van der Waals surface area contributed by atoms with Crippen LogP contribution in [-0.4, -0.2) is 24.0 Å². The molecule has 1 heterocycles. The molecule has 0 spiro atoms. The molecule has 122 valence electrons. The average Bonchev–Trinajstić information content (AvgIpc) is 2.51. The molecule has 0 saturated heterocycles. The fourth-order valence-electron chi connectivity index (χ4n) is 1.86. The van der Waals surface area contributed by atoms with Crippen LogP contribution in [0.15, 0.2) is 47.6 Å². The normalized spacial score (nSPS) is 11.6. The van der Waals surface area contributed by atoms with Gasteiger partial charge in [-0.2, -0.15) is 0 Å². The molecule has 0 saturated carbocycles. The Morgan fingerprint density at radius 3 is 2.91 bits per heavy atom. The first-order valence-electron chi connectivity index (χ1n) is 7.02. The highest BCUT2D eigenvalue weighted by Gasteiger charge is 2.05. The Kier molecular flexibility index (Phi) is 5.85. The van der Waals surface area contributed by atoms with Gasteiger partial charge in [0.25, 0.3) is 6.43 Å². The van der Waals surface area contributed by atoms with Crippen molar-refractivity contribution in [3.8, 4) is 5.88 Å². The Bertz CT molecular complexity index is 677. The predicted molar refractivity (Wildman–Crippen MR) is 85.9 cm³/mol. The van der Waals surface area contributed by atoms with Crippen molar-refractivity contribution in [3.05, 3.63) is 53.7 Å². The highest BCUT2D eigenvalue weighted by Crippen LogP contribution is 2.12. The number of pyridine rings is 1. The number of nitrogens with zero attached hydrogens (tertiary/aromatic N) is 2. The van der Waals surface area contributed by atoms with Gasteiger partial charge in [-0.15, -0.1) is 0 Å². The lowest BCUT2D eigenvalue weighted by atomic mass is 10.2. The summed E-state index contributed by atoms with van der Waals surface area (Å²) >= 11 is 0. The van der Waals surface area contributed by atoms with Gasteiger partial charge in [-0.05, 0) is 36.2 Å². The van der Waals surface area contributed by atoms with Crippen molar-refractivity contribution in [2.45, 2.75) is 19.9 Å². The summed E-state index contributed by atoms with van der Waals surface area (Å²) in [6, 6.07) is 11.0. The number of nitrogens with two attached hydrogens (primary N) is 1. The molecule has 2 rings (SSSR count). The van der Waals surface area contributed by atoms with E-state index in [4.69, 9.17) is 10.5 Å². The second-order valence-corrected chi connectivity index (χ2v) is 4.90. The van der Waals surface area contributed by atoms with Crippen molar-refractivity contribution < 1.29 is 13.5 Å². The quantitative estimate of drug-likeness (QED) is 0.634. The molecular formula is C16H18F2N4O. The van der Waals surface area contributed by atoms with E-state index in [1.165, 1.54) is 6.20 Å². The minimum Gasteiger partial charge on any atom is -0.472 e. The summed E-state index contributed by atoms with van der Waals surface area (Å²) < 4.78 is 29.1. The summed E-state index contributed by atoms with van der Waals surface area (Å²) in [5.41, 5.74) is 8.55. The van der Waals surface area contributed by atoms with Crippen LogP contribution < -0.4 is 15.8 Å². The molecule has 7 heteroatoms. The van der Waals surface area contributed by atoms with Gasteiger partial charge in [-0.1, -0.05) is 12.1 Å². The fraction of sp³-hybridized carbons (Fsp3) is 0.250. The highest BCUT2D eigenvalue weighted by molar-refractivity contribution is 5.92. The molecule has 3 N–H and O–H groups in total. The van der Waals surface area contributed by atoms with E-state index < -0.39 is 13.0 Å². The lowest BCUT2D eigenvalue weighted by Gasteiger charge is -2.07. The number of aromatic nitrogens is 1. The number of anilines is 1. The smallest absolute Gasteiger partial charge is 0.272 e. The third-order valence-corrected chi connectivity index (χ3v) is 2.88. The summed E-state index contributed by atoms with van der Waals surface area (Å²) in [5, 5.41) is 2.99. The number of hydrogen-bond acceptors (Lipinski definition) is 3. The van der Waals surface area contributed by atoms with Crippen LogP contribution in [0.25, 0.3) is 0 Å². The number of guanidine groups is 1. The summed E-state index contributed by atoms with van der Waals surface area (Å²) in [6.07, 6.45) is -1.05. The van der Waals surface area contributed by atoms with Gasteiger partial charge >= 0.3 is 0 Å². The van der Waals surface area contributed by atoms with Gasteiger partial charge < -0.3 is 15.8 Å². The molecule has 0 aliphatic heterocycles. The van der Waals surface area contributed by atoms with E-state index >= 15 is 0 Å². The molecule has 1 aromatic carbocycles. The van der Waals surface area contributed by atoms with E-state index in [1.807, 2.05) is 31.2 Å². The van der Waals surface area contributed by atoms with E-state index in [0.717, 1.165) is 16.8 Å². The van der Waals surface area contributed by atoms with Gasteiger partial charge in [0.05, 0.1) is 6.54 Å². The second-order valence-electron chi connectivity index (χ2n) is 4.90. The van der Waals surface area contributed by atoms with E-state index in [0.29, 0.717) is 0 Å². The fourth-order valence-corrected chi connectivity index (χ4v) is 1.86. The molecule has 0 radical (unpaired) electrons. The monoisotopic (exact) mass is 320 g/mol. The average molecular weight is 320 g/mol. The van der Waals surface area contributed by atoms with Gasteiger partial charge in [-0.25, -0.2) is 18.8 Å². The van der Waals surface area contributed by atoms with Crippen LogP contribution in [0.1, 0.15) is 11.1 Å². The molecule has 0 aliphatic carbocycles. The van der Waals surface area contributed by atoms with Crippen molar-refractivity contribution in [2.24, 2.45) is 10.7 Å². The molecule has 0 aliphatic rings. The first kappa shape index (κ1) is 16.7. The largest absolute Gasteiger partial charge is 0.472 e. The second kappa shape index (κ2) is 8.07. The number of halogens is 2. The first-order valence-corrected chi connectivity index (χ1v) is 7.02. The topological polar surface area (TPSA) is 72.5 Å². The van der Waals surface area contributed by atoms with Crippen molar-refractivity contribution in [1.82, 2.24) is 4.98 Å². The third kappa shape index (κ3) is 5.90. The molecule has 0 fully saturated rings. The van der Waals surface area contributed by atoms with E-state index in [-0.39, 0.29) is 18.4 Å². The number of ether oxygens (including phenoxy) is 1. The maximum absolute atomic E-state index is 12.1. The third-order valence-electron chi connectivity index (χ3n) is 2.88. The van der Waals surface area contributed by atoms with Gasteiger partial charge in [0.2, 0.25) is 5.88 Å². The number of aliphatic imine (C=N–C) groups is 1. The number of benzene rings is 1. The van der Waals surface area contributed by atoms with Crippen molar-refractivity contribution in [3.63, 3.8) is 0 Å². The summed E-state index contributed by atoms with van der Waals surface area (Å²) in [5.74, 6) is 0.408. The van der Waals surface area contributed by atoms with Crippen LogP contribution in [0.2, 0.25) is 0 Å². The van der Waals surface area contributed by atoms with Crippen LogP contribution in [0, 0.1) is 6.92 Å². The lowest BCUT2D eigenvalue weighted by molar-refractivity contribution is 0.0795. The predicted octanol–water partition coefficient (Wildman–Crippen LogP) is 2.96. The molecule has 0 bridgehead atoms. The SMILES string of the molecule is Cc1cccc(NC(N)=NCc2ccnc(OCC(F)F)c2)c1. The standard InChI is InChI=1S/C16H18F2N4O/c1-11-3-2-4-13(7-11)22-16(19)21-9-12-5-6-20-15(8-12)23-10-14(17)18/h2-8,14H,9-10H2,1H3,(H3,19,21,22). The maximum atomic E-state index is 12.1. The molecule has 1 aromatic heterocycles. The van der Waals surface area contributed by atoms with E-state index in [1.54, 1.807) is 12.1 Å². The van der Waals surface area contributed by atoms with Gasteiger partial charge in [0.1, 0.15) is 0 Å². The zero-order valence-corrected chi connectivity index (χ0v) is 12.7. The number of rotatable bonds is 6. The van der Waals surface area contributed by atoms with Crippen LogP contribution >= 0.6 is 0 Å². The van der Waals surface area contributed by atoms with Gasteiger partial charge in [0, 0.05) is 18.0 Å². The zero-order chi connectivity index (χ0) is 16.7. The minimum atomic E-state index is -2.53. The van der Waals surface area contributed by atoms with Gasteiger partial charge in [-0.3, -0.25) is 0 Å². The minimum absolute atomic E-state index is 0.142. The Hall–Kier alpha value is -2.70. The Balaban J connectivity index is 1.94. The van der Waals surface area contributed by atoms with E-state index in [2.05, 4.69) is 15.3 Å². The number of alkyl halides is 2. The summed E-state index contributed by atoms with van der Waals surface area (Å²) in [7, 11) is 0. The Labute approximate surface area is 133 Å². The first-order chi connectivity index (χ1) is 11.0. The summed E-state index contributed by atoms with van der Waals surface area (Å²) in [4.78, 5) is 8.07. The molecule has 2 aromatic rings. The van der Waals surface area contributed by atoms with Crippen LogP contribution in [0.4, 0.5) is 14.5 Å². The Morgan fingerprint density at radius 2 is 2.17 bits per heavy atom. The molecule has 0 atom stereocenters. The zero-order valence-electron chi connectivity index (χ0n) is 12.7. The molecule has 5 nitrogen and oxygen atoms in total. The molecular weight excluding hydrogens is 302 g/mol. The summed E-state index contributed by atoms with van der Waals surface area (Å²) in [6.45, 7) is 1.59. The highest BCUT2D eigenvalue weighted by atomic mass is 19.3. The van der Waals surface area contributed by atoms with Crippen LogP contribution in [0.5, 0.6) is 5.88 Å². The molecule has 23 heavy (non-hydrogen) atoms. The van der Waals surface area contributed by atoms with Crippen molar-refractivity contribution in [2.75, 3.05) is 11.9 Å². The Morgan fingerprint density at radius 1 is 1.35 bits per heavy atom.